The molecular weight excluding hydrogens is 283 g/mol. The number of carbonyl (C=O) groups is 1. The van der Waals surface area contributed by atoms with Gasteiger partial charge in [-0.15, -0.1) is 0 Å². The monoisotopic (exact) mass is 303 g/mol. The molecule has 0 saturated heterocycles. The smallest absolute Gasteiger partial charge is 0.337 e. The summed E-state index contributed by atoms with van der Waals surface area (Å²) in [6.45, 7) is 2.65. The zero-order chi connectivity index (χ0) is 16.0. The van der Waals surface area contributed by atoms with Gasteiger partial charge in [-0.05, 0) is 24.6 Å². The molecule has 0 fully saturated rings. The minimum atomic E-state index is -4.34. The van der Waals surface area contributed by atoms with Gasteiger partial charge in [0.15, 0.2) is 0 Å². The Morgan fingerprint density at radius 1 is 1.29 bits per heavy atom. The lowest BCUT2D eigenvalue weighted by Gasteiger charge is -2.17. The van der Waals surface area contributed by atoms with Gasteiger partial charge in [0.2, 0.25) is 0 Å². The van der Waals surface area contributed by atoms with Gasteiger partial charge in [0.05, 0.1) is 5.56 Å². The van der Waals surface area contributed by atoms with E-state index in [0.29, 0.717) is 18.7 Å². The molecule has 0 aromatic heterocycles. The third kappa shape index (κ3) is 5.63. The highest BCUT2D eigenvalue weighted by Gasteiger charge is 2.30. The first-order valence-electron chi connectivity index (χ1n) is 6.57. The van der Waals surface area contributed by atoms with Crippen molar-refractivity contribution in [3.8, 4) is 0 Å². The normalized spacial score (nSPS) is 12.9. The average Bonchev–Trinajstić information content (AvgIpc) is 2.42. The molecule has 2 amide bonds. The molecule has 1 aromatic rings. The third-order valence-corrected chi connectivity index (χ3v) is 2.97. The van der Waals surface area contributed by atoms with Crippen LogP contribution in [0.1, 0.15) is 24.1 Å². The van der Waals surface area contributed by atoms with Crippen molar-refractivity contribution in [2.45, 2.75) is 19.1 Å². The summed E-state index contributed by atoms with van der Waals surface area (Å²) in [5.74, 6) is 0. The van der Waals surface area contributed by atoms with Gasteiger partial charge < -0.3 is 15.5 Å². The van der Waals surface area contributed by atoms with Crippen LogP contribution in [0.4, 0.5) is 18.0 Å². The summed E-state index contributed by atoms with van der Waals surface area (Å²) in [6.07, 6.45) is -4.34. The Morgan fingerprint density at radius 2 is 1.95 bits per heavy atom. The van der Waals surface area contributed by atoms with Gasteiger partial charge in [-0.25, -0.2) is 4.79 Å². The molecule has 0 bridgehead atoms. The van der Waals surface area contributed by atoms with Crippen LogP contribution in [-0.4, -0.2) is 38.1 Å². The van der Waals surface area contributed by atoms with Gasteiger partial charge in [-0.1, -0.05) is 12.1 Å². The summed E-state index contributed by atoms with van der Waals surface area (Å²) in [4.78, 5) is 12.7. The molecule has 0 aliphatic carbocycles. The minimum absolute atomic E-state index is 0.205. The van der Waals surface area contributed by atoms with E-state index in [2.05, 4.69) is 10.6 Å². The maximum atomic E-state index is 12.6. The quantitative estimate of drug-likeness (QED) is 0.821. The van der Waals surface area contributed by atoms with Crippen molar-refractivity contribution in [1.82, 2.24) is 15.5 Å². The zero-order valence-corrected chi connectivity index (χ0v) is 12.3. The van der Waals surface area contributed by atoms with E-state index in [1.54, 1.807) is 27.1 Å². The maximum Gasteiger partial charge on any atom is 0.416 e. The lowest BCUT2D eigenvalue weighted by molar-refractivity contribution is -0.137. The molecule has 1 atom stereocenters. The molecule has 7 heteroatoms. The molecule has 0 aliphatic rings. The van der Waals surface area contributed by atoms with Crippen molar-refractivity contribution in [1.29, 1.82) is 0 Å². The van der Waals surface area contributed by atoms with E-state index in [1.807, 2.05) is 0 Å². The van der Waals surface area contributed by atoms with Crippen LogP contribution < -0.4 is 10.6 Å². The molecular formula is C14H20F3N3O. The molecule has 1 aromatic carbocycles. The summed E-state index contributed by atoms with van der Waals surface area (Å²) in [6, 6.07) is 4.78. The zero-order valence-electron chi connectivity index (χ0n) is 12.3. The van der Waals surface area contributed by atoms with E-state index in [9.17, 15) is 18.0 Å². The fourth-order valence-corrected chi connectivity index (χ4v) is 1.72. The van der Waals surface area contributed by atoms with Gasteiger partial charge in [0.25, 0.3) is 0 Å². The summed E-state index contributed by atoms with van der Waals surface area (Å²) < 4.78 is 37.9. The number of hydrogen-bond donors (Lipinski definition) is 2. The number of carbonyl (C=O) groups excluding carboxylic acids is 1. The van der Waals surface area contributed by atoms with Crippen LogP contribution in [0.3, 0.4) is 0 Å². The van der Waals surface area contributed by atoms with Crippen LogP contribution >= 0.6 is 0 Å². The molecule has 0 heterocycles. The molecule has 0 aliphatic heterocycles. The Bertz CT molecular complexity index is 475. The van der Waals surface area contributed by atoms with E-state index in [0.717, 1.165) is 12.1 Å². The molecule has 0 spiro atoms. The Kier molecular flexibility index (Phi) is 6.02. The fourth-order valence-electron chi connectivity index (χ4n) is 1.72. The summed E-state index contributed by atoms with van der Waals surface area (Å²) in [5, 5.41) is 5.74. The second kappa shape index (κ2) is 7.31. The lowest BCUT2D eigenvalue weighted by Crippen LogP contribution is -2.38. The van der Waals surface area contributed by atoms with Gasteiger partial charge in [0.1, 0.15) is 0 Å². The van der Waals surface area contributed by atoms with E-state index < -0.39 is 11.7 Å². The van der Waals surface area contributed by atoms with E-state index in [1.165, 1.54) is 11.0 Å². The molecule has 118 valence electrons. The van der Waals surface area contributed by atoms with Crippen LogP contribution in [-0.2, 0) is 6.18 Å². The Hall–Kier alpha value is -1.76. The second-order valence-electron chi connectivity index (χ2n) is 4.93. The van der Waals surface area contributed by atoms with Gasteiger partial charge >= 0.3 is 12.2 Å². The highest BCUT2D eigenvalue weighted by molar-refractivity contribution is 5.73. The average molecular weight is 303 g/mol. The first-order chi connectivity index (χ1) is 9.71. The Morgan fingerprint density at radius 3 is 2.52 bits per heavy atom. The largest absolute Gasteiger partial charge is 0.416 e. The van der Waals surface area contributed by atoms with Crippen molar-refractivity contribution >= 4 is 6.03 Å². The lowest BCUT2D eigenvalue weighted by atomic mass is 10.0. The first-order valence-corrected chi connectivity index (χ1v) is 6.57. The van der Waals surface area contributed by atoms with Crippen molar-refractivity contribution in [2.75, 3.05) is 27.2 Å². The molecule has 2 N–H and O–H groups in total. The fraction of sp³-hybridized carbons (Fsp3) is 0.500. The maximum absolute atomic E-state index is 12.6. The highest BCUT2D eigenvalue weighted by atomic mass is 19.4. The number of alkyl halides is 3. The number of urea groups is 1. The SMILES string of the molecule is CC(NCCNC(=O)N(C)C)c1cccc(C(F)(F)F)c1. The minimum Gasteiger partial charge on any atom is -0.337 e. The van der Waals surface area contributed by atoms with Gasteiger partial charge in [-0.3, -0.25) is 0 Å². The summed E-state index contributed by atoms with van der Waals surface area (Å²) in [7, 11) is 3.27. The van der Waals surface area contributed by atoms with Gasteiger partial charge in [-0.2, -0.15) is 13.2 Å². The van der Waals surface area contributed by atoms with E-state index in [4.69, 9.17) is 0 Å². The molecule has 1 rings (SSSR count). The van der Waals surface area contributed by atoms with E-state index in [-0.39, 0.29) is 12.1 Å². The Balaban J connectivity index is 2.49. The van der Waals surface area contributed by atoms with Crippen LogP contribution in [0, 0.1) is 0 Å². The number of halogens is 3. The summed E-state index contributed by atoms with van der Waals surface area (Å²) in [5.41, 5.74) is -0.0988. The predicted octanol–water partition coefficient (Wildman–Crippen LogP) is 2.63. The predicted molar refractivity (Wildman–Crippen MR) is 74.9 cm³/mol. The van der Waals surface area contributed by atoms with Crippen molar-refractivity contribution < 1.29 is 18.0 Å². The molecule has 0 radical (unpaired) electrons. The molecule has 21 heavy (non-hydrogen) atoms. The number of benzene rings is 1. The van der Waals surface area contributed by atoms with Crippen LogP contribution in [0.2, 0.25) is 0 Å². The second-order valence-corrected chi connectivity index (χ2v) is 4.93. The summed E-state index contributed by atoms with van der Waals surface area (Å²) >= 11 is 0. The molecule has 4 nitrogen and oxygen atoms in total. The van der Waals surface area contributed by atoms with Crippen molar-refractivity contribution in [3.05, 3.63) is 35.4 Å². The third-order valence-electron chi connectivity index (χ3n) is 2.97. The standard InChI is InChI=1S/C14H20F3N3O/c1-10(18-7-8-19-13(21)20(2)3)11-5-4-6-12(9-11)14(15,16)17/h4-6,9-10,18H,7-8H2,1-3H3,(H,19,21). The first kappa shape index (κ1) is 17.3. The number of amides is 2. The van der Waals surface area contributed by atoms with Crippen LogP contribution in [0.15, 0.2) is 24.3 Å². The van der Waals surface area contributed by atoms with Crippen molar-refractivity contribution in [2.24, 2.45) is 0 Å². The number of rotatable bonds is 5. The highest BCUT2D eigenvalue weighted by Crippen LogP contribution is 2.30. The van der Waals surface area contributed by atoms with E-state index >= 15 is 0 Å². The van der Waals surface area contributed by atoms with Crippen molar-refractivity contribution in [3.63, 3.8) is 0 Å². The Labute approximate surface area is 122 Å². The number of hydrogen-bond acceptors (Lipinski definition) is 2. The number of nitrogens with zero attached hydrogens (tertiary/aromatic N) is 1. The molecule has 0 saturated carbocycles. The van der Waals surface area contributed by atoms with Crippen LogP contribution in [0.5, 0.6) is 0 Å². The number of nitrogens with one attached hydrogen (secondary N) is 2. The van der Waals surface area contributed by atoms with Crippen LogP contribution in [0.25, 0.3) is 0 Å². The van der Waals surface area contributed by atoms with Gasteiger partial charge in [0, 0.05) is 33.2 Å². The topological polar surface area (TPSA) is 44.4 Å². The molecule has 1 unspecified atom stereocenters.